The lowest BCUT2D eigenvalue weighted by Crippen LogP contribution is -2.38. The first-order chi connectivity index (χ1) is 16.1. The summed E-state index contributed by atoms with van der Waals surface area (Å²) in [5, 5.41) is 0. The van der Waals surface area contributed by atoms with E-state index in [0.29, 0.717) is 29.8 Å². The molecular formula is C25H26FN3O2. The molecule has 6 heteroatoms. The van der Waals surface area contributed by atoms with Crippen molar-refractivity contribution in [2.45, 2.75) is 32.7 Å². The number of carbonyl (C=O) groups is 1. The van der Waals surface area contributed by atoms with Gasteiger partial charge in [0.2, 0.25) is 5.91 Å². The van der Waals surface area contributed by atoms with E-state index in [1.54, 1.807) is 52.3 Å². The number of carbonyl (C=O) groups excluding carboxylic acids is 1. The van der Waals surface area contributed by atoms with Crippen molar-refractivity contribution in [1.82, 2.24) is 14.5 Å². The van der Waals surface area contributed by atoms with Gasteiger partial charge in [-0.05, 0) is 68.2 Å². The van der Waals surface area contributed by atoms with E-state index in [9.17, 15) is 9.18 Å². The Balaban J connectivity index is 1.63. The molecule has 2 aromatic carbocycles. The molecule has 1 fully saturated rings. The Morgan fingerprint density at radius 1 is 1.26 bits per heavy atom. The van der Waals surface area contributed by atoms with Crippen LogP contribution in [0.4, 0.5) is 4.39 Å². The van der Waals surface area contributed by atoms with Gasteiger partial charge in [0, 0.05) is 18.3 Å². The highest BCUT2D eigenvalue weighted by atomic mass is 19.1. The number of likely N-dealkylation sites (tertiary alicyclic amines) is 1. The fraction of sp³-hybridized carbons (Fsp3) is 0.280. The average molecular weight is 426 g/mol. The molecule has 0 N–H and O–H groups in total. The summed E-state index contributed by atoms with van der Waals surface area (Å²) in [4.78, 5) is 19.2. The average Bonchev–Trinajstić information content (AvgIpc) is 3.20. The van der Waals surface area contributed by atoms with Gasteiger partial charge in [0.1, 0.15) is 11.6 Å². The zero-order valence-corrected chi connectivity index (χ0v) is 17.5. The molecule has 1 aliphatic rings. The number of nitrogens with zero attached hydrogens (tertiary/aromatic N) is 3. The molecule has 3 aromatic rings. The molecule has 0 saturated carbocycles. The third-order valence-corrected chi connectivity index (χ3v) is 5.63. The molecule has 0 aliphatic carbocycles. The molecule has 1 amide bonds. The van der Waals surface area contributed by atoms with Crippen molar-refractivity contribution < 1.29 is 18.0 Å². The monoisotopic (exact) mass is 425 g/mol. The molecule has 31 heavy (non-hydrogen) atoms. The van der Waals surface area contributed by atoms with Gasteiger partial charge in [-0.3, -0.25) is 4.79 Å². The number of piperidine rings is 1. The molecule has 160 valence electrons. The summed E-state index contributed by atoms with van der Waals surface area (Å²) < 4.78 is 42.9. The first-order valence-electron chi connectivity index (χ1n) is 11.7. The number of methoxy groups -OCH3 is 1. The highest BCUT2D eigenvalue weighted by Crippen LogP contribution is 2.30. The van der Waals surface area contributed by atoms with Gasteiger partial charge in [-0.1, -0.05) is 18.2 Å². The van der Waals surface area contributed by atoms with E-state index in [1.807, 2.05) is 19.9 Å². The lowest BCUT2D eigenvalue weighted by Gasteiger charge is -2.34. The fourth-order valence-electron chi connectivity index (χ4n) is 3.93. The standard InChI is InChI=1S/C25H26FN3O2/c1-17-15-28(16-27-17)23-11-6-19(14-24(23)31-3)13-21-5-4-12-29(25(21)30)18(2)20-7-9-22(26)10-8-20/h6-11,13-16,18H,4-5,12H2,1-3H3/b21-13+/i3T3. The summed E-state index contributed by atoms with van der Waals surface area (Å²) in [7, 11) is -2.63. The van der Waals surface area contributed by atoms with Crippen LogP contribution in [0, 0.1) is 12.7 Å². The topological polar surface area (TPSA) is 47.4 Å². The van der Waals surface area contributed by atoms with Crippen molar-refractivity contribution in [3.05, 3.63) is 83.2 Å². The van der Waals surface area contributed by atoms with Crippen molar-refractivity contribution in [3.8, 4) is 11.4 Å². The second-order valence-electron chi connectivity index (χ2n) is 7.75. The highest BCUT2D eigenvalue weighted by molar-refractivity contribution is 5.98. The summed E-state index contributed by atoms with van der Waals surface area (Å²) in [6.07, 6.45) is 6.56. The predicted molar refractivity (Wildman–Crippen MR) is 119 cm³/mol. The maximum atomic E-state index is 13.3. The Labute approximate surface area is 186 Å². The number of ether oxygens (including phenoxy) is 1. The molecule has 5 nitrogen and oxygen atoms in total. The van der Waals surface area contributed by atoms with E-state index in [-0.39, 0.29) is 23.5 Å². The van der Waals surface area contributed by atoms with Gasteiger partial charge in [0.25, 0.3) is 0 Å². The number of imidazole rings is 1. The molecular weight excluding hydrogens is 393 g/mol. The first-order valence-corrected chi connectivity index (χ1v) is 10.2. The lowest BCUT2D eigenvalue weighted by atomic mass is 9.97. The Bertz CT molecular complexity index is 1220. The van der Waals surface area contributed by atoms with Gasteiger partial charge in [-0.2, -0.15) is 0 Å². The van der Waals surface area contributed by atoms with Crippen LogP contribution in [0.25, 0.3) is 11.8 Å². The Morgan fingerprint density at radius 3 is 2.77 bits per heavy atom. The van der Waals surface area contributed by atoms with Gasteiger partial charge in [-0.15, -0.1) is 0 Å². The SMILES string of the molecule is [3H]C([3H])([3H])Oc1cc(/C=C2\CCCN(C(C)c3ccc(F)cc3)C2=O)ccc1-n1cnc(C)c1. The minimum Gasteiger partial charge on any atom is -0.495 e. The molecule has 0 bridgehead atoms. The number of aryl methyl sites for hydroxylation is 1. The number of halogens is 1. The smallest absolute Gasteiger partial charge is 0.250 e. The van der Waals surface area contributed by atoms with Crippen LogP contribution in [0.5, 0.6) is 5.75 Å². The molecule has 1 aliphatic heterocycles. The van der Waals surface area contributed by atoms with Crippen LogP contribution in [0.3, 0.4) is 0 Å². The Morgan fingerprint density at radius 2 is 2.06 bits per heavy atom. The van der Waals surface area contributed by atoms with Crippen molar-refractivity contribution in [2.75, 3.05) is 13.6 Å². The van der Waals surface area contributed by atoms with Crippen molar-refractivity contribution in [2.24, 2.45) is 0 Å². The van der Waals surface area contributed by atoms with Crippen LogP contribution in [0.1, 0.15) is 46.7 Å². The fourth-order valence-corrected chi connectivity index (χ4v) is 3.93. The minimum absolute atomic E-state index is 0.0873. The second kappa shape index (κ2) is 8.76. The van der Waals surface area contributed by atoms with Crippen LogP contribution in [-0.2, 0) is 4.79 Å². The molecule has 1 saturated heterocycles. The number of benzene rings is 2. The minimum atomic E-state index is -2.63. The summed E-state index contributed by atoms with van der Waals surface area (Å²) >= 11 is 0. The van der Waals surface area contributed by atoms with E-state index in [0.717, 1.165) is 17.7 Å². The summed E-state index contributed by atoms with van der Waals surface area (Å²) in [6.45, 7) is 4.38. The van der Waals surface area contributed by atoms with E-state index >= 15 is 0 Å². The van der Waals surface area contributed by atoms with Crippen LogP contribution >= 0.6 is 0 Å². The van der Waals surface area contributed by atoms with E-state index in [4.69, 9.17) is 8.85 Å². The molecule has 0 spiro atoms. The van der Waals surface area contributed by atoms with Crippen LogP contribution in [-0.4, -0.2) is 33.9 Å². The molecule has 1 aromatic heterocycles. The molecule has 1 atom stereocenters. The third kappa shape index (κ3) is 4.38. The third-order valence-electron chi connectivity index (χ3n) is 5.63. The zero-order valence-electron chi connectivity index (χ0n) is 20.5. The molecule has 2 heterocycles. The van der Waals surface area contributed by atoms with Gasteiger partial charge in [-0.25, -0.2) is 9.37 Å². The highest BCUT2D eigenvalue weighted by Gasteiger charge is 2.28. The zero-order chi connectivity index (χ0) is 24.5. The van der Waals surface area contributed by atoms with Crippen LogP contribution in [0.2, 0.25) is 0 Å². The normalized spacial score (nSPS) is 18.4. The Kier molecular flexibility index (Phi) is 4.88. The summed E-state index contributed by atoms with van der Waals surface area (Å²) in [5.74, 6) is -0.229. The van der Waals surface area contributed by atoms with Crippen LogP contribution < -0.4 is 4.74 Å². The first kappa shape index (κ1) is 17.3. The largest absolute Gasteiger partial charge is 0.495 e. The van der Waals surface area contributed by atoms with Gasteiger partial charge in [0.05, 0.1) is 34.9 Å². The quantitative estimate of drug-likeness (QED) is 0.535. The second-order valence-corrected chi connectivity index (χ2v) is 7.75. The van der Waals surface area contributed by atoms with Gasteiger partial charge >= 0.3 is 0 Å². The van der Waals surface area contributed by atoms with Crippen LogP contribution in [0.15, 0.2) is 60.6 Å². The van der Waals surface area contributed by atoms with E-state index in [1.165, 1.54) is 12.1 Å². The molecule has 4 rings (SSSR count). The van der Waals surface area contributed by atoms with E-state index in [2.05, 4.69) is 4.98 Å². The van der Waals surface area contributed by atoms with E-state index < -0.39 is 7.04 Å². The predicted octanol–water partition coefficient (Wildman–Crippen LogP) is 5.10. The number of hydrogen-bond acceptors (Lipinski definition) is 3. The lowest BCUT2D eigenvalue weighted by molar-refractivity contribution is -0.130. The summed E-state index contributed by atoms with van der Waals surface area (Å²) in [5.41, 5.74) is 3.49. The Hall–Kier alpha value is -3.41. The molecule has 0 radical (unpaired) electrons. The van der Waals surface area contributed by atoms with Gasteiger partial charge in [0.15, 0.2) is 0 Å². The number of hydrogen-bond donors (Lipinski definition) is 0. The summed E-state index contributed by atoms with van der Waals surface area (Å²) in [6, 6.07) is 11.2. The maximum Gasteiger partial charge on any atom is 0.250 e. The van der Waals surface area contributed by atoms with Crippen molar-refractivity contribution in [1.29, 1.82) is 0 Å². The number of rotatable bonds is 5. The maximum absolute atomic E-state index is 13.3. The van der Waals surface area contributed by atoms with Gasteiger partial charge < -0.3 is 14.2 Å². The number of aromatic nitrogens is 2. The van der Waals surface area contributed by atoms with Crippen molar-refractivity contribution in [3.63, 3.8) is 0 Å². The van der Waals surface area contributed by atoms with Crippen molar-refractivity contribution >= 4 is 12.0 Å². The molecule has 1 unspecified atom stereocenters. The number of amides is 1.